The van der Waals surface area contributed by atoms with Crippen LogP contribution in [-0.4, -0.2) is 68.6 Å². The van der Waals surface area contributed by atoms with E-state index in [2.05, 4.69) is 25.3 Å². The summed E-state index contributed by atoms with van der Waals surface area (Å²) in [5.74, 6) is 0.897. The summed E-state index contributed by atoms with van der Waals surface area (Å²) >= 11 is 0. The number of aromatic amines is 1. The number of piperidine rings is 1. The van der Waals surface area contributed by atoms with Crippen molar-refractivity contribution in [3.05, 3.63) is 42.0 Å². The summed E-state index contributed by atoms with van der Waals surface area (Å²) in [5.41, 5.74) is 1.09. The Labute approximate surface area is 220 Å². The molecule has 2 aliphatic rings. The van der Waals surface area contributed by atoms with E-state index < -0.39 is 11.9 Å². The molecule has 0 unspecified atom stereocenters. The molecule has 0 aliphatic carbocycles. The monoisotopic (exact) mass is 530 g/mol. The fourth-order valence-corrected chi connectivity index (χ4v) is 5.48. The lowest BCUT2D eigenvalue weighted by Gasteiger charge is -2.34. The predicted octanol–water partition coefficient (Wildman–Crippen LogP) is 4.61. The number of rotatable bonds is 4. The van der Waals surface area contributed by atoms with E-state index in [0.717, 1.165) is 18.5 Å². The lowest BCUT2D eigenvalue weighted by Crippen LogP contribution is -2.44. The fourth-order valence-electron chi connectivity index (χ4n) is 5.48. The van der Waals surface area contributed by atoms with Crippen molar-refractivity contribution in [2.24, 2.45) is 0 Å². The van der Waals surface area contributed by atoms with Crippen LogP contribution >= 0.6 is 0 Å². The average molecular weight is 531 g/mol. The van der Waals surface area contributed by atoms with Gasteiger partial charge in [-0.25, -0.2) is 15.0 Å². The number of nitrogens with one attached hydrogen (secondary N) is 2. The number of aromatic nitrogens is 6. The van der Waals surface area contributed by atoms with E-state index in [1.54, 1.807) is 36.1 Å². The fraction of sp³-hybridized carbons (Fsp3) is 0.462. The van der Waals surface area contributed by atoms with Crippen molar-refractivity contribution in [3.63, 3.8) is 0 Å². The zero-order valence-corrected chi connectivity index (χ0v) is 21.2. The molecule has 0 spiro atoms. The Balaban J connectivity index is 0.00000158. The number of nitrogens with zero attached hydrogens (tertiary/aromatic N) is 6. The summed E-state index contributed by atoms with van der Waals surface area (Å²) in [5, 5.41) is 8.20. The van der Waals surface area contributed by atoms with E-state index in [4.69, 9.17) is 17.7 Å². The Bertz CT molecular complexity index is 1470. The second kappa shape index (κ2) is 9.66. The van der Waals surface area contributed by atoms with Crippen LogP contribution in [0.1, 0.15) is 40.2 Å². The smallest absolute Gasteiger partial charge is 0.377 e. The standard InChI is InChI=1S/C26H29F3N8O.H2/c1-15-14-38-12-11-36(15)21-13-20(33-25(34-21)19-6-10-32-24-18(19)5-9-31-24)22-16(2)37(17-3-7-30-8-4-17)35-23(22)26(27,28)29;/h5-6,9-10,13,15,17,30H,3-4,7-8,11-12,14H2,1-2H3,(H,31,32);1H/t15-;/m1./s1/i;1+1D. The molecular formula is C26H31F3N8O. The zero-order valence-electron chi connectivity index (χ0n) is 23.2. The average Bonchev–Trinajstić information content (AvgIpc) is 3.59. The molecule has 6 rings (SSSR count). The molecule has 2 N–H and O–H groups in total. The van der Waals surface area contributed by atoms with E-state index in [9.17, 15) is 13.2 Å². The third-order valence-electron chi connectivity index (χ3n) is 7.40. The second-order valence-electron chi connectivity index (χ2n) is 9.88. The maximum absolute atomic E-state index is 14.4. The topological polar surface area (TPSA) is 96.8 Å². The molecule has 1 atom stereocenters. The van der Waals surface area contributed by atoms with Crippen molar-refractivity contribution >= 4 is 16.9 Å². The Morgan fingerprint density at radius 3 is 2.76 bits per heavy atom. The van der Waals surface area contributed by atoms with Gasteiger partial charge in [0.05, 0.1) is 36.6 Å². The summed E-state index contributed by atoms with van der Waals surface area (Å²) in [7, 11) is 0. The van der Waals surface area contributed by atoms with Gasteiger partial charge in [0.1, 0.15) is 11.5 Å². The van der Waals surface area contributed by atoms with Crippen LogP contribution in [0.5, 0.6) is 0 Å². The van der Waals surface area contributed by atoms with Crippen LogP contribution in [0.2, 0.25) is 0 Å². The number of hydrogen-bond donors (Lipinski definition) is 2. The largest absolute Gasteiger partial charge is 0.435 e. The number of pyridine rings is 1. The quantitative estimate of drug-likeness (QED) is 0.398. The van der Waals surface area contributed by atoms with E-state index in [0.29, 0.717) is 61.1 Å². The van der Waals surface area contributed by atoms with Crippen LogP contribution < -0.4 is 10.2 Å². The third-order valence-corrected chi connectivity index (χ3v) is 7.40. The van der Waals surface area contributed by atoms with Crippen molar-refractivity contribution in [2.45, 2.75) is 44.9 Å². The first kappa shape index (κ1) is 23.6. The Morgan fingerprint density at radius 2 is 2.00 bits per heavy atom. The molecule has 2 saturated heterocycles. The van der Waals surface area contributed by atoms with Crippen LogP contribution in [-0.2, 0) is 10.9 Å². The molecule has 2 fully saturated rings. The molecule has 12 heteroatoms. The van der Waals surface area contributed by atoms with Crippen LogP contribution in [0, 0.1) is 6.92 Å². The van der Waals surface area contributed by atoms with Crippen molar-refractivity contribution in [2.75, 3.05) is 37.7 Å². The van der Waals surface area contributed by atoms with Gasteiger partial charge in [0.25, 0.3) is 0 Å². The van der Waals surface area contributed by atoms with Gasteiger partial charge in [-0.2, -0.15) is 18.3 Å². The van der Waals surface area contributed by atoms with Crippen LogP contribution in [0.25, 0.3) is 33.7 Å². The molecule has 9 nitrogen and oxygen atoms in total. The highest BCUT2D eigenvalue weighted by Gasteiger charge is 2.40. The maximum atomic E-state index is 14.4. The second-order valence-corrected chi connectivity index (χ2v) is 9.88. The minimum atomic E-state index is -4.64. The predicted molar refractivity (Wildman–Crippen MR) is 139 cm³/mol. The normalized spacial score (nSPS) is 19.6. The van der Waals surface area contributed by atoms with Crippen molar-refractivity contribution in [3.8, 4) is 22.6 Å². The van der Waals surface area contributed by atoms with Gasteiger partial charge in [-0.3, -0.25) is 4.68 Å². The van der Waals surface area contributed by atoms with Gasteiger partial charge in [0.15, 0.2) is 11.5 Å². The number of morpholine rings is 1. The lowest BCUT2D eigenvalue weighted by atomic mass is 10.0. The number of H-pyrrole nitrogens is 1. The van der Waals surface area contributed by atoms with E-state index in [-0.39, 0.29) is 23.3 Å². The van der Waals surface area contributed by atoms with E-state index >= 15 is 0 Å². The van der Waals surface area contributed by atoms with Gasteiger partial charge in [-0.1, -0.05) is 0 Å². The zero-order chi connectivity index (χ0) is 28.4. The minimum Gasteiger partial charge on any atom is -0.377 e. The van der Waals surface area contributed by atoms with Gasteiger partial charge in [-0.15, -0.1) is 0 Å². The minimum absolute atomic E-state index is 0.00112. The lowest BCUT2D eigenvalue weighted by molar-refractivity contribution is -0.141. The highest BCUT2D eigenvalue weighted by molar-refractivity contribution is 5.91. The number of ether oxygens (including phenoxy) is 1. The molecule has 0 bridgehead atoms. The first-order chi connectivity index (χ1) is 19.3. The van der Waals surface area contributed by atoms with Crippen molar-refractivity contribution in [1.82, 2.24) is 35.0 Å². The van der Waals surface area contributed by atoms with Gasteiger partial charge in [0, 0.05) is 44.6 Å². The molecule has 4 aromatic heterocycles. The van der Waals surface area contributed by atoms with E-state index in [1.165, 1.54) is 0 Å². The SMILES string of the molecule is Cc1c(-c2cc(N3CCOC[C@H]3C)nc(-c3ccnc4[nH]ccc34)n2)c(C(F)(F)F)nn1C1CCNCC1.[2H][2H]. The molecular weight excluding hydrogens is 497 g/mol. The third kappa shape index (κ3) is 4.41. The highest BCUT2D eigenvalue weighted by atomic mass is 19.4. The number of hydrogen-bond acceptors (Lipinski definition) is 7. The van der Waals surface area contributed by atoms with Crippen molar-refractivity contribution < 1.29 is 20.9 Å². The molecule has 6 heterocycles. The van der Waals surface area contributed by atoms with E-state index in [1.807, 2.05) is 13.0 Å². The van der Waals surface area contributed by atoms with Gasteiger partial charge in [0.2, 0.25) is 0 Å². The van der Waals surface area contributed by atoms with Crippen molar-refractivity contribution in [1.29, 1.82) is 0 Å². The molecule has 4 aromatic rings. The van der Waals surface area contributed by atoms with Gasteiger partial charge >= 0.3 is 6.18 Å². The number of halogens is 3. The Morgan fingerprint density at radius 1 is 1.18 bits per heavy atom. The molecule has 0 aromatic carbocycles. The first-order valence-corrected chi connectivity index (χ1v) is 12.8. The first-order valence-electron chi connectivity index (χ1n) is 13.8. The summed E-state index contributed by atoms with van der Waals surface area (Å²) < 4.78 is 60.4. The summed E-state index contributed by atoms with van der Waals surface area (Å²) in [4.78, 5) is 19.1. The molecule has 2 aliphatic heterocycles. The summed E-state index contributed by atoms with van der Waals surface area (Å²) in [6.07, 6.45) is 0.203. The molecule has 0 saturated carbocycles. The van der Waals surface area contributed by atoms with Crippen LogP contribution in [0.4, 0.5) is 19.0 Å². The molecule has 0 amide bonds. The summed E-state index contributed by atoms with van der Waals surface area (Å²) in [6, 6.07) is 5.22. The number of alkyl halides is 3. The summed E-state index contributed by atoms with van der Waals surface area (Å²) in [6.45, 7) is 6.79. The Kier molecular flexibility index (Phi) is 6.00. The number of anilines is 1. The maximum Gasteiger partial charge on any atom is 0.435 e. The van der Waals surface area contributed by atoms with Crippen LogP contribution in [0.3, 0.4) is 0 Å². The van der Waals surface area contributed by atoms with Crippen LogP contribution in [0.15, 0.2) is 30.6 Å². The highest BCUT2D eigenvalue weighted by Crippen LogP contribution is 2.41. The molecule has 38 heavy (non-hydrogen) atoms. The van der Waals surface area contributed by atoms with Gasteiger partial charge in [-0.05, 0) is 51.9 Å². The molecule has 202 valence electrons. The number of fused-ring (bicyclic) bond motifs is 1. The Hall–Kier alpha value is -3.51. The molecule has 0 radical (unpaired) electrons. The van der Waals surface area contributed by atoms with Gasteiger partial charge < -0.3 is 19.9 Å².